The van der Waals surface area contributed by atoms with Gasteiger partial charge in [-0.25, -0.2) is 9.18 Å². The number of methoxy groups -OCH3 is 1. The number of hydrogen-bond donors (Lipinski definition) is 1. The Morgan fingerprint density at radius 2 is 1.83 bits per heavy atom. The SMILES string of the molecule is COC(=O)[C@H](Cc1ccc(I)cc1)NC(=O)c1ccccc1F. The Bertz CT molecular complexity index is 703. The number of ether oxygens (including phenoxy) is 1. The first-order valence-corrected chi connectivity index (χ1v) is 7.97. The second-order valence-corrected chi connectivity index (χ2v) is 6.11. The number of carbonyl (C=O) groups excluding carboxylic acids is 2. The van der Waals surface area contributed by atoms with Crippen LogP contribution in [0.25, 0.3) is 0 Å². The number of benzene rings is 2. The monoisotopic (exact) mass is 427 g/mol. The first-order chi connectivity index (χ1) is 11.0. The van der Waals surface area contributed by atoms with E-state index >= 15 is 0 Å². The third kappa shape index (κ3) is 4.75. The van der Waals surface area contributed by atoms with Crippen LogP contribution in [0.4, 0.5) is 4.39 Å². The Labute approximate surface area is 147 Å². The molecule has 0 saturated heterocycles. The van der Waals surface area contributed by atoms with Gasteiger partial charge in [-0.05, 0) is 52.4 Å². The maximum Gasteiger partial charge on any atom is 0.328 e. The van der Waals surface area contributed by atoms with Crippen molar-refractivity contribution in [1.82, 2.24) is 5.32 Å². The molecule has 0 aliphatic rings. The van der Waals surface area contributed by atoms with Crippen molar-refractivity contribution in [3.63, 3.8) is 0 Å². The third-order valence-corrected chi connectivity index (χ3v) is 3.98. The van der Waals surface area contributed by atoms with E-state index < -0.39 is 23.7 Å². The lowest BCUT2D eigenvalue weighted by molar-refractivity contribution is -0.142. The van der Waals surface area contributed by atoms with Crippen molar-refractivity contribution in [1.29, 1.82) is 0 Å². The molecule has 0 unspecified atom stereocenters. The van der Waals surface area contributed by atoms with Crippen molar-refractivity contribution in [3.05, 3.63) is 69.0 Å². The average molecular weight is 427 g/mol. The van der Waals surface area contributed by atoms with Crippen LogP contribution in [0, 0.1) is 9.39 Å². The van der Waals surface area contributed by atoms with Crippen LogP contribution in [0.2, 0.25) is 0 Å². The first kappa shape index (κ1) is 17.4. The summed E-state index contributed by atoms with van der Waals surface area (Å²) >= 11 is 2.18. The van der Waals surface area contributed by atoms with Gasteiger partial charge >= 0.3 is 5.97 Å². The van der Waals surface area contributed by atoms with Gasteiger partial charge in [-0.3, -0.25) is 4.79 Å². The van der Waals surface area contributed by atoms with E-state index in [2.05, 4.69) is 27.9 Å². The minimum Gasteiger partial charge on any atom is -0.467 e. The standard InChI is InChI=1S/C17H15FINO3/c1-23-17(22)15(10-11-6-8-12(19)9-7-11)20-16(21)13-4-2-3-5-14(13)18/h2-9,15H,10H2,1H3,(H,20,21)/t15-/m0/s1. The zero-order chi connectivity index (χ0) is 16.8. The summed E-state index contributed by atoms with van der Waals surface area (Å²) < 4.78 is 19.5. The predicted molar refractivity (Wildman–Crippen MR) is 92.5 cm³/mol. The summed E-state index contributed by atoms with van der Waals surface area (Å²) in [6.45, 7) is 0. The van der Waals surface area contributed by atoms with E-state index in [-0.39, 0.29) is 12.0 Å². The van der Waals surface area contributed by atoms with E-state index in [4.69, 9.17) is 4.74 Å². The molecule has 2 aromatic carbocycles. The fourth-order valence-electron chi connectivity index (χ4n) is 2.07. The van der Waals surface area contributed by atoms with Crippen LogP contribution in [0.3, 0.4) is 0 Å². The summed E-state index contributed by atoms with van der Waals surface area (Å²) in [5.74, 6) is -1.86. The molecule has 1 N–H and O–H groups in total. The Balaban J connectivity index is 2.15. The van der Waals surface area contributed by atoms with Crippen LogP contribution in [-0.4, -0.2) is 25.0 Å². The second-order valence-electron chi connectivity index (χ2n) is 4.86. The molecule has 0 aliphatic carbocycles. The number of amides is 1. The summed E-state index contributed by atoms with van der Waals surface area (Å²) in [5, 5.41) is 2.53. The second kappa shape index (κ2) is 8.05. The summed E-state index contributed by atoms with van der Waals surface area (Å²) in [4.78, 5) is 24.1. The largest absolute Gasteiger partial charge is 0.467 e. The molecular formula is C17H15FINO3. The van der Waals surface area contributed by atoms with E-state index in [0.29, 0.717) is 0 Å². The first-order valence-electron chi connectivity index (χ1n) is 6.89. The summed E-state index contributed by atoms with van der Waals surface area (Å²) in [7, 11) is 1.25. The van der Waals surface area contributed by atoms with Crippen molar-refractivity contribution in [2.75, 3.05) is 7.11 Å². The Morgan fingerprint density at radius 1 is 1.17 bits per heavy atom. The fraction of sp³-hybridized carbons (Fsp3) is 0.176. The topological polar surface area (TPSA) is 55.4 Å². The molecule has 1 amide bonds. The molecule has 0 fully saturated rings. The molecule has 0 saturated carbocycles. The van der Waals surface area contributed by atoms with Gasteiger partial charge in [0.2, 0.25) is 0 Å². The quantitative estimate of drug-likeness (QED) is 0.590. The molecule has 1 atom stereocenters. The van der Waals surface area contributed by atoms with Gasteiger partial charge in [0.05, 0.1) is 12.7 Å². The number of hydrogen-bond acceptors (Lipinski definition) is 3. The molecule has 120 valence electrons. The summed E-state index contributed by atoms with van der Waals surface area (Å²) in [6.07, 6.45) is 0.268. The number of esters is 1. The highest BCUT2D eigenvalue weighted by molar-refractivity contribution is 14.1. The van der Waals surface area contributed by atoms with Gasteiger partial charge in [0.25, 0.3) is 5.91 Å². The number of halogens is 2. The number of rotatable bonds is 5. The van der Waals surface area contributed by atoms with Gasteiger partial charge in [-0.1, -0.05) is 24.3 Å². The molecule has 0 spiro atoms. The minimum absolute atomic E-state index is 0.107. The molecule has 0 bridgehead atoms. The zero-order valence-corrected chi connectivity index (χ0v) is 14.5. The van der Waals surface area contributed by atoms with Crippen LogP contribution in [0.15, 0.2) is 48.5 Å². The molecule has 2 rings (SSSR count). The summed E-state index contributed by atoms with van der Waals surface area (Å²) in [6, 6.07) is 12.3. The predicted octanol–water partition coefficient (Wildman–Crippen LogP) is 2.94. The lowest BCUT2D eigenvalue weighted by Crippen LogP contribution is -2.43. The van der Waals surface area contributed by atoms with E-state index in [1.54, 1.807) is 6.07 Å². The molecule has 23 heavy (non-hydrogen) atoms. The smallest absolute Gasteiger partial charge is 0.328 e. The van der Waals surface area contributed by atoms with E-state index in [1.165, 1.54) is 25.3 Å². The molecule has 4 nitrogen and oxygen atoms in total. The molecule has 0 aliphatic heterocycles. The minimum atomic E-state index is -0.882. The van der Waals surface area contributed by atoms with Gasteiger partial charge in [-0.2, -0.15) is 0 Å². The Morgan fingerprint density at radius 3 is 2.43 bits per heavy atom. The fourth-order valence-corrected chi connectivity index (χ4v) is 2.43. The highest BCUT2D eigenvalue weighted by Crippen LogP contribution is 2.11. The lowest BCUT2D eigenvalue weighted by atomic mass is 10.1. The van der Waals surface area contributed by atoms with Crippen LogP contribution in [-0.2, 0) is 16.0 Å². The van der Waals surface area contributed by atoms with Crippen LogP contribution in [0.5, 0.6) is 0 Å². The van der Waals surface area contributed by atoms with Gasteiger partial charge < -0.3 is 10.1 Å². The normalized spacial score (nSPS) is 11.6. The van der Waals surface area contributed by atoms with E-state index in [9.17, 15) is 14.0 Å². The molecular weight excluding hydrogens is 412 g/mol. The van der Waals surface area contributed by atoms with Gasteiger partial charge in [0.1, 0.15) is 11.9 Å². The highest BCUT2D eigenvalue weighted by atomic mass is 127. The molecule has 0 radical (unpaired) electrons. The highest BCUT2D eigenvalue weighted by Gasteiger charge is 2.23. The van der Waals surface area contributed by atoms with Crippen molar-refractivity contribution >= 4 is 34.5 Å². The van der Waals surface area contributed by atoms with Crippen LogP contribution >= 0.6 is 22.6 Å². The molecule has 0 aromatic heterocycles. The number of carbonyl (C=O) groups is 2. The van der Waals surface area contributed by atoms with Gasteiger partial charge in [0.15, 0.2) is 0 Å². The van der Waals surface area contributed by atoms with Crippen molar-refractivity contribution in [2.24, 2.45) is 0 Å². The van der Waals surface area contributed by atoms with E-state index in [1.807, 2.05) is 24.3 Å². The van der Waals surface area contributed by atoms with Crippen molar-refractivity contribution < 1.29 is 18.7 Å². The Kier molecular flexibility index (Phi) is 6.09. The van der Waals surface area contributed by atoms with Crippen LogP contribution in [0.1, 0.15) is 15.9 Å². The third-order valence-electron chi connectivity index (χ3n) is 3.26. The molecule has 2 aromatic rings. The van der Waals surface area contributed by atoms with Crippen molar-refractivity contribution in [3.8, 4) is 0 Å². The van der Waals surface area contributed by atoms with Gasteiger partial charge in [0, 0.05) is 9.99 Å². The maximum absolute atomic E-state index is 13.7. The van der Waals surface area contributed by atoms with Crippen LogP contribution < -0.4 is 5.32 Å². The average Bonchev–Trinajstić information content (AvgIpc) is 2.55. The lowest BCUT2D eigenvalue weighted by Gasteiger charge is -2.17. The number of nitrogens with one attached hydrogen (secondary N) is 1. The Hall–Kier alpha value is -1.96. The van der Waals surface area contributed by atoms with E-state index in [0.717, 1.165) is 9.13 Å². The summed E-state index contributed by atoms with van der Waals surface area (Å²) in [5.41, 5.74) is 0.763. The zero-order valence-electron chi connectivity index (χ0n) is 12.4. The molecule has 6 heteroatoms. The maximum atomic E-state index is 13.7. The molecule has 0 heterocycles. The van der Waals surface area contributed by atoms with Crippen molar-refractivity contribution in [2.45, 2.75) is 12.5 Å². The van der Waals surface area contributed by atoms with Gasteiger partial charge in [-0.15, -0.1) is 0 Å².